The lowest BCUT2D eigenvalue weighted by Crippen LogP contribution is -2.49. The third-order valence-electron chi connectivity index (χ3n) is 3.67. The molecule has 2 rings (SSSR count). The first-order valence-corrected chi connectivity index (χ1v) is 6.69. The van der Waals surface area contributed by atoms with E-state index in [1.807, 2.05) is 24.3 Å². The predicted octanol–water partition coefficient (Wildman–Crippen LogP) is 1.31. The Morgan fingerprint density at radius 3 is 2.42 bits per heavy atom. The molecular formula is C14H22N4O. The molecular weight excluding hydrogens is 240 g/mol. The first kappa shape index (κ1) is 13.7. The number of oxime groups is 1. The largest absolute Gasteiger partial charge is 0.409 e. The predicted molar refractivity (Wildman–Crippen MR) is 77.9 cm³/mol. The highest BCUT2D eigenvalue weighted by Gasteiger charge is 2.21. The lowest BCUT2D eigenvalue weighted by molar-refractivity contribution is 0.209. The van der Waals surface area contributed by atoms with Gasteiger partial charge in [-0.1, -0.05) is 17.3 Å². The molecule has 5 heteroatoms. The van der Waals surface area contributed by atoms with Gasteiger partial charge in [-0.05, 0) is 26.0 Å². The number of rotatable bonds is 3. The van der Waals surface area contributed by atoms with Crippen LogP contribution >= 0.6 is 0 Å². The maximum atomic E-state index is 8.86. The molecule has 0 bridgehead atoms. The van der Waals surface area contributed by atoms with Crippen molar-refractivity contribution < 1.29 is 5.21 Å². The molecule has 0 aromatic heterocycles. The Bertz CT molecular complexity index is 451. The smallest absolute Gasteiger partial charge is 0.172 e. The second-order valence-electron chi connectivity index (χ2n) is 5.12. The van der Waals surface area contributed by atoms with Gasteiger partial charge >= 0.3 is 0 Å². The van der Waals surface area contributed by atoms with Crippen LogP contribution in [0.5, 0.6) is 0 Å². The molecule has 5 nitrogen and oxygen atoms in total. The highest BCUT2D eigenvalue weighted by Crippen LogP contribution is 2.22. The molecule has 0 radical (unpaired) electrons. The fraction of sp³-hybridized carbons (Fsp3) is 0.500. The molecule has 3 N–H and O–H groups in total. The van der Waals surface area contributed by atoms with E-state index in [0.29, 0.717) is 6.04 Å². The lowest BCUT2D eigenvalue weighted by atomic mass is 10.1. The summed E-state index contributed by atoms with van der Waals surface area (Å²) >= 11 is 0. The van der Waals surface area contributed by atoms with Crippen LogP contribution < -0.4 is 10.6 Å². The number of nitrogens with two attached hydrogens (primary N) is 1. The Morgan fingerprint density at radius 2 is 1.84 bits per heavy atom. The summed E-state index contributed by atoms with van der Waals surface area (Å²) in [5, 5.41) is 12.0. The summed E-state index contributed by atoms with van der Waals surface area (Å²) in [7, 11) is 0. The van der Waals surface area contributed by atoms with Crippen LogP contribution in [0.1, 0.15) is 19.4 Å². The van der Waals surface area contributed by atoms with Crippen molar-refractivity contribution in [2.45, 2.75) is 19.9 Å². The fourth-order valence-corrected chi connectivity index (χ4v) is 2.50. The normalized spacial score (nSPS) is 18.1. The zero-order chi connectivity index (χ0) is 13.8. The number of nitrogens with zero attached hydrogens (tertiary/aromatic N) is 3. The molecule has 1 aliphatic rings. The Labute approximate surface area is 114 Å². The summed E-state index contributed by atoms with van der Waals surface area (Å²) in [5.41, 5.74) is 7.58. The molecule has 19 heavy (non-hydrogen) atoms. The molecule has 104 valence electrons. The minimum absolute atomic E-state index is 0.168. The molecule has 0 amide bonds. The van der Waals surface area contributed by atoms with E-state index in [1.165, 1.54) is 0 Å². The number of benzene rings is 1. The van der Waals surface area contributed by atoms with Gasteiger partial charge in [0.05, 0.1) is 0 Å². The fourth-order valence-electron chi connectivity index (χ4n) is 2.50. The van der Waals surface area contributed by atoms with Gasteiger partial charge in [-0.3, -0.25) is 4.90 Å². The van der Waals surface area contributed by atoms with E-state index in [1.54, 1.807) is 0 Å². The van der Waals surface area contributed by atoms with Crippen molar-refractivity contribution in [1.82, 2.24) is 4.90 Å². The van der Waals surface area contributed by atoms with E-state index in [2.05, 4.69) is 28.8 Å². The third-order valence-corrected chi connectivity index (χ3v) is 3.67. The SMILES string of the molecule is CC(C)N1CCN(c2ccccc2/C(N)=N/O)CC1. The minimum atomic E-state index is 0.168. The molecule has 1 aliphatic heterocycles. The molecule has 1 aromatic carbocycles. The van der Waals surface area contributed by atoms with Crippen LogP contribution in [0.3, 0.4) is 0 Å². The van der Waals surface area contributed by atoms with Crippen molar-refractivity contribution in [1.29, 1.82) is 0 Å². The van der Waals surface area contributed by atoms with Gasteiger partial charge in [-0.25, -0.2) is 0 Å². The van der Waals surface area contributed by atoms with Gasteiger partial charge in [0, 0.05) is 43.5 Å². The standard InChI is InChI=1S/C14H22N4O/c1-11(2)17-7-9-18(10-8-17)13-6-4-3-5-12(13)14(15)16-19/h3-6,11,19H,7-10H2,1-2H3,(H2,15,16). The molecule has 1 fully saturated rings. The number of amidine groups is 1. The van der Waals surface area contributed by atoms with Gasteiger partial charge in [0.2, 0.25) is 0 Å². The minimum Gasteiger partial charge on any atom is -0.409 e. The van der Waals surface area contributed by atoms with E-state index in [4.69, 9.17) is 10.9 Å². The monoisotopic (exact) mass is 262 g/mol. The average Bonchev–Trinajstić information content (AvgIpc) is 2.46. The van der Waals surface area contributed by atoms with Gasteiger partial charge in [-0.2, -0.15) is 0 Å². The van der Waals surface area contributed by atoms with Crippen LogP contribution in [0.25, 0.3) is 0 Å². The van der Waals surface area contributed by atoms with Crippen LogP contribution in [0.4, 0.5) is 5.69 Å². The lowest BCUT2D eigenvalue weighted by Gasteiger charge is -2.38. The summed E-state index contributed by atoms with van der Waals surface area (Å²) in [5.74, 6) is 0.168. The molecule has 1 saturated heterocycles. The number of piperazine rings is 1. The van der Waals surface area contributed by atoms with Gasteiger partial charge in [0.15, 0.2) is 5.84 Å². The van der Waals surface area contributed by atoms with Crippen LogP contribution in [-0.4, -0.2) is 48.2 Å². The first-order chi connectivity index (χ1) is 9.13. The van der Waals surface area contributed by atoms with Gasteiger partial charge in [-0.15, -0.1) is 0 Å². The summed E-state index contributed by atoms with van der Waals surface area (Å²) in [6, 6.07) is 8.39. The van der Waals surface area contributed by atoms with E-state index in [9.17, 15) is 0 Å². The summed E-state index contributed by atoms with van der Waals surface area (Å²) in [4.78, 5) is 4.76. The molecule has 0 saturated carbocycles. The number of hydrogen-bond donors (Lipinski definition) is 2. The highest BCUT2D eigenvalue weighted by atomic mass is 16.4. The highest BCUT2D eigenvalue weighted by molar-refractivity contribution is 6.02. The Balaban J connectivity index is 2.16. The van der Waals surface area contributed by atoms with Crippen molar-refractivity contribution in [2.24, 2.45) is 10.9 Å². The molecule has 0 spiro atoms. The Morgan fingerprint density at radius 1 is 1.21 bits per heavy atom. The van der Waals surface area contributed by atoms with E-state index < -0.39 is 0 Å². The molecule has 0 atom stereocenters. The van der Waals surface area contributed by atoms with Crippen LogP contribution in [0.2, 0.25) is 0 Å². The topological polar surface area (TPSA) is 65.1 Å². The number of hydrogen-bond acceptors (Lipinski definition) is 4. The van der Waals surface area contributed by atoms with Crippen molar-refractivity contribution >= 4 is 11.5 Å². The molecule has 0 aliphatic carbocycles. The van der Waals surface area contributed by atoms with Crippen LogP contribution in [0.15, 0.2) is 29.4 Å². The van der Waals surface area contributed by atoms with Crippen LogP contribution in [0, 0.1) is 0 Å². The van der Waals surface area contributed by atoms with E-state index in [0.717, 1.165) is 37.4 Å². The number of anilines is 1. The first-order valence-electron chi connectivity index (χ1n) is 6.69. The summed E-state index contributed by atoms with van der Waals surface area (Å²) in [6.45, 7) is 8.46. The summed E-state index contributed by atoms with van der Waals surface area (Å²) in [6.07, 6.45) is 0. The Hall–Kier alpha value is -1.75. The second-order valence-corrected chi connectivity index (χ2v) is 5.12. The van der Waals surface area contributed by atoms with Gasteiger partial charge < -0.3 is 15.8 Å². The van der Waals surface area contributed by atoms with E-state index in [-0.39, 0.29) is 5.84 Å². The molecule has 0 unspecified atom stereocenters. The third kappa shape index (κ3) is 2.98. The van der Waals surface area contributed by atoms with E-state index >= 15 is 0 Å². The van der Waals surface area contributed by atoms with Crippen molar-refractivity contribution in [2.75, 3.05) is 31.1 Å². The van der Waals surface area contributed by atoms with Crippen LogP contribution in [-0.2, 0) is 0 Å². The number of para-hydroxylation sites is 1. The average molecular weight is 262 g/mol. The van der Waals surface area contributed by atoms with Crippen molar-refractivity contribution in [3.63, 3.8) is 0 Å². The maximum Gasteiger partial charge on any atom is 0.172 e. The van der Waals surface area contributed by atoms with Gasteiger partial charge in [0.1, 0.15) is 0 Å². The van der Waals surface area contributed by atoms with Crippen molar-refractivity contribution in [3.8, 4) is 0 Å². The molecule has 1 heterocycles. The molecule has 1 aromatic rings. The zero-order valence-corrected chi connectivity index (χ0v) is 11.6. The maximum absolute atomic E-state index is 8.86. The second kappa shape index (κ2) is 5.93. The summed E-state index contributed by atoms with van der Waals surface area (Å²) < 4.78 is 0. The van der Waals surface area contributed by atoms with Gasteiger partial charge in [0.25, 0.3) is 0 Å². The Kier molecular flexibility index (Phi) is 4.27. The van der Waals surface area contributed by atoms with Crippen molar-refractivity contribution in [3.05, 3.63) is 29.8 Å². The quantitative estimate of drug-likeness (QED) is 0.373. The zero-order valence-electron chi connectivity index (χ0n) is 11.6.